The smallest absolute Gasteiger partial charge is 0.174 e. The first-order valence-electron chi connectivity index (χ1n) is 12.2. The quantitative estimate of drug-likeness (QED) is 0.411. The zero-order valence-corrected chi connectivity index (χ0v) is 19.5. The molecule has 2 fully saturated rings. The summed E-state index contributed by atoms with van der Waals surface area (Å²) >= 11 is 0. The molecule has 0 aliphatic carbocycles. The van der Waals surface area contributed by atoms with Crippen LogP contribution in [0.4, 0.5) is 11.6 Å². The molecule has 0 amide bonds. The molecular weight excluding hydrogens is 442 g/mol. The summed E-state index contributed by atoms with van der Waals surface area (Å²) in [6.07, 6.45) is 7.93. The lowest BCUT2D eigenvalue weighted by molar-refractivity contribution is 0.375. The van der Waals surface area contributed by atoms with Crippen molar-refractivity contribution in [3.05, 3.63) is 48.4 Å². The van der Waals surface area contributed by atoms with Gasteiger partial charge in [0.1, 0.15) is 11.6 Å². The number of aromatic hydroxyl groups is 1. The van der Waals surface area contributed by atoms with Crippen LogP contribution in [-0.4, -0.2) is 61.2 Å². The highest BCUT2D eigenvalue weighted by atomic mass is 16.3. The van der Waals surface area contributed by atoms with Crippen LogP contribution in [0, 0.1) is 0 Å². The summed E-state index contributed by atoms with van der Waals surface area (Å²) in [5.41, 5.74) is 9.93. The predicted octanol–water partition coefficient (Wildman–Crippen LogP) is 2.88. The van der Waals surface area contributed by atoms with Gasteiger partial charge in [0.2, 0.25) is 0 Å². The lowest BCUT2D eigenvalue weighted by Crippen LogP contribution is -2.35. The first-order valence-corrected chi connectivity index (χ1v) is 12.2. The van der Waals surface area contributed by atoms with Crippen LogP contribution in [-0.2, 0) is 0 Å². The van der Waals surface area contributed by atoms with E-state index in [4.69, 9.17) is 15.7 Å². The van der Waals surface area contributed by atoms with Crippen molar-refractivity contribution >= 4 is 22.7 Å². The Morgan fingerprint density at radius 1 is 0.971 bits per heavy atom. The van der Waals surface area contributed by atoms with Crippen LogP contribution in [0.1, 0.15) is 43.3 Å². The highest BCUT2D eigenvalue weighted by Gasteiger charge is 2.26. The zero-order valence-electron chi connectivity index (χ0n) is 19.5. The molecule has 5 heterocycles. The Hall–Kier alpha value is -3.79. The normalized spacial score (nSPS) is 17.8. The molecule has 0 spiro atoms. The number of phenols is 1. The van der Waals surface area contributed by atoms with E-state index >= 15 is 0 Å². The SMILES string of the molecule is Nc1nn(C2CCN(c3cnc(C4CCNCC4)cn3)CC2)c2cc(-c3ccccc3O)nnc12. The fraction of sp³-hybridized carbons (Fsp3) is 0.400. The second-order valence-electron chi connectivity index (χ2n) is 9.35. The number of benzene rings is 1. The van der Waals surface area contributed by atoms with Crippen LogP contribution in [0.3, 0.4) is 0 Å². The number of anilines is 2. The molecule has 4 N–H and O–H groups in total. The van der Waals surface area contributed by atoms with Gasteiger partial charge in [-0.3, -0.25) is 9.67 Å². The topological polar surface area (TPSA) is 131 Å². The van der Waals surface area contributed by atoms with E-state index in [1.165, 1.54) is 0 Å². The molecule has 2 saturated heterocycles. The molecule has 10 nitrogen and oxygen atoms in total. The Morgan fingerprint density at radius 2 is 1.77 bits per heavy atom. The van der Waals surface area contributed by atoms with E-state index in [-0.39, 0.29) is 11.8 Å². The highest BCUT2D eigenvalue weighted by Crippen LogP contribution is 2.33. The largest absolute Gasteiger partial charge is 0.507 e. The van der Waals surface area contributed by atoms with Crippen LogP contribution in [0.2, 0.25) is 0 Å². The van der Waals surface area contributed by atoms with Gasteiger partial charge in [0.05, 0.1) is 35.3 Å². The van der Waals surface area contributed by atoms with Gasteiger partial charge in [0, 0.05) is 24.6 Å². The molecule has 2 aliphatic rings. The minimum atomic E-state index is 0.167. The molecule has 1 aromatic carbocycles. The van der Waals surface area contributed by atoms with E-state index in [1.807, 2.05) is 35.3 Å². The van der Waals surface area contributed by atoms with Crippen molar-refractivity contribution in [1.82, 2.24) is 35.3 Å². The molecule has 0 radical (unpaired) electrons. The number of fused-ring (bicyclic) bond motifs is 1. The summed E-state index contributed by atoms with van der Waals surface area (Å²) in [5, 5.41) is 26.9. The van der Waals surface area contributed by atoms with Gasteiger partial charge >= 0.3 is 0 Å². The van der Waals surface area contributed by atoms with Crippen molar-refractivity contribution in [1.29, 1.82) is 0 Å². The van der Waals surface area contributed by atoms with E-state index < -0.39 is 0 Å². The van der Waals surface area contributed by atoms with Gasteiger partial charge in [0.25, 0.3) is 0 Å². The molecule has 0 saturated carbocycles. The standard InChI is InChI=1S/C25H29N9O/c26-25-24-21(13-19(30-31-24)18-3-1-2-4-22(18)35)34(32-25)17-7-11-33(12-8-17)23-15-28-20(14-29-23)16-5-9-27-10-6-16/h1-4,13-17,27,35H,5-12H2,(H2,26,32). The van der Waals surface area contributed by atoms with Crippen LogP contribution < -0.4 is 16.0 Å². The third-order valence-electron chi connectivity index (χ3n) is 7.21. The van der Waals surface area contributed by atoms with E-state index in [2.05, 4.69) is 25.5 Å². The summed E-state index contributed by atoms with van der Waals surface area (Å²) in [4.78, 5) is 11.8. The van der Waals surface area contributed by atoms with Gasteiger partial charge in [-0.05, 0) is 57.0 Å². The van der Waals surface area contributed by atoms with Crippen LogP contribution in [0.5, 0.6) is 5.75 Å². The summed E-state index contributed by atoms with van der Waals surface area (Å²) in [6.45, 7) is 3.82. The van der Waals surface area contributed by atoms with Crippen molar-refractivity contribution < 1.29 is 5.11 Å². The molecule has 3 aromatic heterocycles. The van der Waals surface area contributed by atoms with Crippen LogP contribution in [0.15, 0.2) is 42.7 Å². The lowest BCUT2D eigenvalue weighted by atomic mass is 9.95. The van der Waals surface area contributed by atoms with Crippen molar-refractivity contribution in [2.45, 2.75) is 37.6 Å². The Kier molecular flexibility index (Phi) is 5.65. The molecule has 2 aliphatic heterocycles. The molecule has 6 rings (SSSR count). The number of nitrogens with one attached hydrogen (secondary N) is 1. The van der Waals surface area contributed by atoms with E-state index in [1.54, 1.807) is 12.1 Å². The minimum absolute atomic E-state index is 0.167. The van der Waals surface area contributed by atoms with Gasteiger partial charge < -0.3 is 21.1 Å². The number of phenolic OH excluding ortho intramolecular Hbond substituents is 1. The first-order chi connectivity index (χ1) is 17.2. The van der Waals surface area contributed by atoms with E-state index in [0.717, 1.165) is 68.9 Å². The molecule has 0 unspecified atom stereocenters. The molecule has 10 heteroatoms. The van der Waals surface area contributed by atoms with Crippen molar-refractivity contribution in [2.75, 3.05) is 36.8 Å². The summed E-state index contributed by atoms with van der Waals surface area (Å²) in [6, 6.07) is 9.22. The van der Waals surface area contributed by atoms with Gasteiger partial charge in [-0.1, -0.05) is 12.1 Å². The van der Waals surface area contributed by atoms with Crippen molar-refractivity contribution in [3.63, 3.8) is 0 Å². The van der Waals surface area contributed by atoms with Crippen molar-refractivity contribution in [3.8, 4) is 17.0 Å². The van der Waals surface area contributed by atoms with Gasteiger partial charge in [-0.25, -0.2) is 4.98 Å². The Balaban J connectivity index is 1.19. The maximum absolute atomic E-state index is 10.3. The Labute approximate surface area is 203 Å². The van der Waals surface area contributed by atoms with Gasteiger partial charge in [-0.2, -0.15) is 5.10 Å². The Bertz CT molecular complexity index is 1320. The number of nitrogen functional groups attached to an aromatic ring is 1. The zero-order chi connectivity index (χ0) is 23.8. The number of para-hydroxylation sites is 1. The van der Waals surface area contributed by atoms with Gasteiger partial charge in [0.15, 0.2) is 11.3 Å². The summed E-state index contributed by atoms with van der Waals surface area (Å²) in [7, 11) is 0. The molecule has 0 atom stereocenters. The number of piperidine rings is 2. The van der Waals surface area contributed by atoms with E-state index in [9.17, 15) is 5.11 Å². The maximum Gasteiger partial charge on any atom is 0.174 e. The second-order valence-corrected chi connectivity index (χ2v) is 9.35. The number of rotatable bonds is 4. The molecule has 35 heavy (non-hydrogen) atoms. The molecule has 4 aromatic rings. The number of aromatic nitrogens is 6. The van der Waals surface area contributed by atoms with E-state index in [0.29, 0.717) is 28.5 Å². The number of hydrogen-bond donors (Lipinski definition) is 3. The van der Waals surface area contributed by atoms with Crippen molar-refractivity contribution in [2.24, 2.45) is 0 Å². The number of nitrogens with zero attached hydrogens (tertiary/aromatic N) is 7. The number of nitrogens with two attached hydrogens (primary N) is 1. The third kappa shape index (κ3) is 4.14. The fourth-order valence-electron chi connectivity index (χ4n) is 5.22. The predicted molar refractivity (Wildman–Crippen MR) is 134 cm³/mol. The second kappa shape index (κ2) is 9.10. The molecular formula is C25H29N9O. The molecule has 0 bridgehead atoms. The average Bonchev–Trinajstić information content (AvgIpc) is 3.25. The highest BCUT2D eigenvalue weighted by molar-refractivity contribution is 5.87. The lowest BCUT2D eigenvalue weighted by Gasteiger charge is -2.33. The van der Waals surface area contributed by atoms with Crippen LogP contribution in [0.25, 0.3) is 22.3 Å². The first kappa shape index (κ1) is 21.7. The Morgan fingerprint density at radius 3 is 2.51 bits per heavy atom. The number of hydrogen-bond acceptors (Lipinski definition) is 9. The fourth-order valence-corrected chi connectivity index (χ4v) is 5.22. The third-order valence-corrected chi connectivity index (χ3v) is 7.21. The monoisotopic (exact) mass is 471 g/mol. The maximum atomic E-state index is 10.3. The summed E-state index contributed by atoms with van der Waals surface area (Å²) < 4.78 is 1.98. The van der Waals surface area contributed by atoms with Gasteiger partial charge in [-0.15, -0.1) is 10.2 Å². The minimum Gasteiger partial charge on any atom is -0.507 e. The molecule has 180 valence electrons. The van der Waals surface area contributed by atoms with Crippen LogP contribution >= 0.6 is 0 Å². The summed E-state index contributed by atoms with van der Waals surface area (Å²) in [5.74, 6) is 1.98. The average molecular weight is 472 g/mol.